The highest BCUT2D eigenvalue weighted by molar-refractivity contribution is 7.88. The molecule has 1 saturated heterocycles. The van der Waals surface area contributed by atoms with Crippen molar-refractivity contribution in [2.24, 2.45) is 0 Å². The normalized spacial score (nSPS) is 20.1. The lowest BCUT2D eigenvalue weighted by atomic mass is 10.1. The standard InChI is InChI=1S/C15H21N3O2S/c1-17-11-15-8-4-5-9-18(15)21(19,20)12-14-7-3-2-6-13(14)10-16/h2-3,6-7,15,17H,4-5,8-9,11-12H2,1H3. The number of likely N-dealkylation sites (N-methyl/N-ethyl adjacent to an activating group) is 1. The fourth-order valence-electron chi connectivity index (χ4n) is 2.81. The lowest BCUT2D eigenvalue weighted by Crippen LogP contribution is -2.48. The molecule has 1 aromatic carbocycles. The fourth-order valence-corrected chi connectivity index (χ4v) is 4.67. The van der Waals surface area contributed by atoms with Crippen LogP contribution in [0.4, 0.5) is 0 Å². The maximum atomic E-state index is 12.7. The zero-order chi connectivity index (χ0) is 15.3. The second-order valence-electron chi connectivity index (χ2n) is 5.34. The van der Waals surface area contributed by atoms with E-state index in [-0.39, 0.29) is 11.8 Å². The maximum Gasteiger partial charge on any atom is 0.218 e. The van der Waals surface area contributed by atoms with Gasteiger partial charge in [0.25, 0.3) is 0 Å². The highest BCUT2D eigenvalue weighted by atomic mass is 32.2. The fraction of sp³-hybridized carbons (Fsp3) is 0.533. The largest absolute Gasteiger partial charge is 0.318 e. The van der Waals surface area contributed by atoms with Crippen LogP contribution in [-0.4, -0.2) is 38.9 Å². The van der Waals surface area contributed by atoms with Gasteiger partial charge in [0.15, 0.2) is 0 Å². The number of benzene rings is 1. The van der Waals surface area contributed by atoms with E-state index < -0.39 is 10.0 Å². The van der Waals surface area contributed by atoms with Crippen LogP contribution in [0.5, 0.6) is 0 Å². The monoisotopic (exact) mass is 307 g/mol. The summed E-state index contributed by atoms with van der Waals surface area (Å²) < 4.78 is 27.0. The topological polar surface area (TPSA) is 73.2 Å². The Morgan fingerprint density at radius 2 is 2.14 bits per heavy atom. The molecular formula is C15H21N3O2S. The molecule has 114 valence electrons. The van der Waals surface area contributed by atoms with Crippen LogP contribution >= 0.6 is 0 Å². The molecule has 0 bridgehead atoms. The molecule has 21 heavy (non-hydrogen) atoms. The molecule has 1 aliphatic rings. The minimum Gasteiger partial charge on any atom is -0.318 e. The summed E-state index contributed by atoms with van der Waals surface area (Å²) >= 11 is 0. The predicted molar refractivity (Wildman–Crippen MR) is 82.1 cm³/mol. The molecule has 1 heterocycles. The van der Waals surface area contributed by atoms with Crippen LogP contribution in [0, 0.1) is 11.3 Å². The molecule has 1 aromatic rings. The van der Waals surface area contributed by atoms with Gasteiger partial charge in [0.05, 0.1) is 17.4 Å². The molecule has 2 rings (SSSR count). The summed E-state index contributed by atoms with van der Waals surface area (Å²) in [6, 6.07) is 8.97. The highest BCUT2D eigenvalue weighted by Gasteiger charge is 2.32. The Labute approximate surface area is 126 Å². The summed E-state index contributed by atoms with van der Waals surface area (Å²) in [5, 5.41) is 12.2. The van der Waals surface area contributed by atoms with Crippen LogP contribution < -0.4 is 5.32 Å². The van der Waals surface area contributed by atoms with Gasteiger partial charge in [-0.1, -0.05) is 24.6 Å². The summed E-state index contributed by atoms with van der Waals surface area (Å²) in [6.45, 7) is 1.24. The first-order valence-electron chi connectivity index (χ1n) is 7.20. The first-order chi connectivity index (χ1) is 10.1. The molecule has 0 saturated carbocycles. The van der Waals surface area contributed by atoms with Gasteiger partial charge in [0, 0.05) is 19.1 Å². The number of sulfonamides is 1. The summed E-state index contributed by atoms with van der Waals surface area (Å²) in [7, 11) is -1.56. The molecule has 6 heteroatoms. The Hall–Kier alpha value is -1.42. The lowest BCUT2D eigenvalue weighted by molar-refractivity contribution is 0.248. The van der Waals surface area contributed by atoms with E-state index in [9.17, 15) is 8.42 Å². The molecule has 1 N–H and O–H groups in total. The third-order valence-electron chi connectivity index (χ3n) is 3.85. The summed E-state index contributed by atoms with van der Waals surface area (Å²) in [4.78, 5) is 0. The van der Waals surface area contributed by atoms with Crippen molar-refractivity contribution in [2.45, 2.75) is 31.1 Å². The van der Waals surface area contributed by atoms with Gasteiger partial charge in [-0.2, -0.15) is 9.57 Å². The number of nitrogens with zero attached hydrogens (tertiary/aromatic N) is 2. The van der Waals surface area contributed by atoms with Crippen molar-refractivity contribution in [3.05, 3.63) is 35.4 Å². The van der Waals surface area contributed by atoms with Crippen molar-refractivity contribution in [2.75, 3.05) is 20.1 Å². The minimum absolute atomic E-state index is 0.0167. The van der Waals surface area contributed by atoms with Crippen LogP contribution in [-0.2, 0) is 15.8 Å². The van der Waals surface area contributed by atoms with Crippen LogP contribution in [0.2, 0.25) is 0 Å². The van der Waals surface area contributed by atoms with E-state index in [0.29, 0.717) is 24.2 Å². The molecule has 0 radical (unpaired) electrons. The third-order valence-corrected chi connectivity index (χ3v) is 5.72. The molecule has 0 aliphatic carbocycles. The SMILES string of the molecule is CNCC1CCCCN1S(=O)(=O)Cc1ccccc1C#N. The number of nitrogens with one attached hydrogen (secondary N) is 1. The van der Waals surface area contributed by atoms with E-state index in [1.807, 2.05) is 7.05 Å². The zero-order valence-corrected chi connectivity index (χ0v) is 13.1. The van der Waals surface area contributed by atoms with E-state index in [1.54, 1.807) is 28.6 Å². The average molecular weight is 307 g/mol. The quantitative estimate of drug-likeness (QED) is 0.894. The zero-order valence-electron chi connectivity index (χ0n) is 12.2. The lowest BCUT2D eigenvalue weighted by Gasteiger charge is -2.34. The van der Waals surface area contributed by atoms with Gasteiger partial charge >= 0.3 is 0 Å². The molecule has 1 atom stereocenters. The van der Waals surface area contributed by atoms with Crippen LogP contribution in [0.3, 0.4) is 0 Å². The Bertz CT molecular complexity index is 620. The van der Waals surface area contributed by atoms with Crippen molar-refractivity contribution in [1.29, 1.82) is 5.26 Å². The molecule has 1 unspecified atom stereocenters. The molecule has 5 nitrogen and oxygen atoms in total. The smallest absolute Gasteiger partial charge is 0.218 e. The Morgan fingerprint density at radius 1 is 1.38 bits per heavy atom. The number of piperidine rings is 1. The third kappa shape index (κ3) is 3.82. The van der Waals surface area contributed by atoms with Crippen molar-refractivity contribution < 1.29 is 8.42 Å². The summed E-state index contributed by atoms with van der Waals surface area (Å²) in [5.41, 5.74) is 1.01. The molecule has 0 amide bonds. The highest BCUT2D eigenvalue weighted by Crippen LogP contribution is 2.23. The van der Waals surface area contributed by atoms with Gasteiger partial charge < -0.3 is 5.32 Å². The van der Waals surface area contributed by atoms with E-state index in [2.05, 4.69) is 11.4 Å². The maximum absolute atomic E-state index is 12.7. The van der Waals surface area contributed by atoms with Crippen LogP contribution in [0.1, 0.15) is 30.4 Å². The molecule has 0 aromatic heterocycles. The van der Waals surface area contributed by atoms with Crippen LogP contribution in [0.15, 0.2) is 24.3 Å². The van der Waals surface area contributed by atoms with E-state index in [4.69, 9.17) is 5.26 Å². The molecule has 0 spiro atoms. The van der Waals surface area contributed by atoms with Crippen molar-refractivity contribution in [3.8, 4) is 6.07 Å². The molecule has 1 fully saturated rings. The van der Waals surface area contributed by atoms with Crippen LogP contribution in [0.25, 0.3) is 0 Å². The second kappa shape index (κ2) is 7.03. The Balaban J connectivity index is 2.22. The summed E-state index contributed by atoms with van der Waals surface area (Å²) in [5.74, 6) is -0.100. The van der Waals surface area contributed by atoms with Crippen molar-refractivity contribution >= 4 is 10.0 Å². The van der Waals surface area contributed by atoms with Gasteiger partial charge in [-0.3, -0.25) is 0 Å². The predicted octanol–water partition coefficient (Wildman–Crippen LogP) is 1.46. The number of hydrogen-bond donors (Lipinski definition) is 1. The first-order valence-corrected chi connectivity index (χ1v) is 8.81. The van der Waals surface area contributed by atoms with Crippen molar-refractivity contribution in [1.82, 2.24) is 9.62 Å². The number of nitriles is 1. The second-order valence-corrected chi connectivity index (χ2v) is 7.26. The van der Waals surface area contributed by atoms with E-state index >= 15 is 0 Å². The van der Waals surface area contributed by atoms with Gasteiger partial charge in [-0.25, -0.2) is 8.42 Å². The first kappa shape index (κ1) is 16.0. The minimum atomic E-state index is -3.40. The van der Waals surface area contributed by atoms with Crippen molar-refractivity contribution in [3.63, 3.8) is 0 Å². The average Bonchev–Trinajstić information content (AvgIpc) is 2.48. The summed E-state index contributed by atoms with van der Waals surface area (Å²) in [6.07, 6.45) is 2.85. The van der Waals surface area contributed by atoms with E-state index in [1.165, 1.54) is 0 Å². The van der Waals surface area contributed by atoms with Gasteiger partial charge in [-0.15, -0.1) is 0 Å². The Morgan fingerprint density at radius 3 is 2.86 bits per heavy atom. The van der Waals surface area contributed by atoms with Gasteiger partial charge in [-0.05, 0) is 31.5 Å². The number of hydrogen-bond acceptors (Lipinski definition) is 4. The van der Waals surface area contributed by atoms with Gasteiger partial charge in [0.2, 0.25) is 10.0 Å². The molecular weight excluding hydrogens is 286 g/mol. The van der Waals surface area contributed by atoms with E-state index in [0.717, 1.165) is 19.3 Å². The Kier molecular flexibility index (Phi) is 5.34. The molecule has 1 aliphatic heterocycles. The van der Waals surface area contributed by atoms with Gasteiger partial charge in [0.1, 0.15) is 0 Å². The number of rotatable bonds is 5.